The number of nitrogens with zero attached hydrogens (tertiary/aromatic N) is 3. The summed E-state index contributed by atoms with van der Waals surface area (Å²) in [5, 5.41) is 9.53. The highest BCUT2D eigenvalue weighted by Crippen LogP contribution is 2.29. The van der Waals surface area contributed by atoms with Crippen LogP contribution in [-0.2, 0) is 11.2 Å². The lowest BCUT2D eigenvalue weighted by Gasteiger charge is -2.39. The van der Waals surface area contributed by atoms with E-state index < -0.39 is 0 Å². The van der Waals surface area contributed by atoms with Crippen molar-refractivity contribution in [1.82, 2.24) is 9.80 Å². The Labute approximate surface area is 171 Å². The van der Waals surface area contributed by atoms with Crippen LogP contribution in [0.4, 0.5) is 0 Å². The van der Waals surface area contributed by atoms with Gasteiger partial charge in [0.15, 0.2) is 0 Å². The number of benzene rings is 2. The molecular formula is C24H26N3O2+. The molecular weight excluding hydrogens is 362 g/mol. The number of carbonyl (C=O) groups is 1. The molecule has 0 saturated carbocycles. The van der Waals surface area contributed by atoms with E-state index >= 15 is 0 Å². The summed E-state index contributed by atoms with van der Waals surface area (Å²) in [5.74, 6) is 0.104. The van der Waals surface area contributed by atoms with E-state index in [1.807, 2.05) is 23.1 Å². The van der Waals surface area contributed by atoms with Gasteiger partial charge in [-0.25, -0.2) is 0 Å². The lowest BCUT2D eigenvalue weighted by atomic mass is 9.96. The summed E-state index contributed by atoms with van der Waals surface area (Å²) in [7, 11) is 0. The van der Waals surface area contributed by atoms with Crippen LogP contribution in [0.2, 0.25) is 0 Å². The van der Waals surface area contributed by atoms with E-state index in [4.69, 9.17) is 0 Å². The van der Waals surface area contributed by atoms with E-state index in [0.717, 1.165) is 23.4 Å². The van der Waals surface area contributed by atoms with Crippen molar-refractivity contribution in [2.24, 2.45) is 0 Å². The topological polar surface area (TPSA) is 47.7 Å². The van der Waals surface area contributed by atoms with Gasteiger partial charge in [0.05, 0.1) is 12.5 Å². The Bertz CT molecular complexity index is 899. The Hall–Kier alpha value is -3.18. The van der Waals surface area contributed by atoms with Gasteiger partial charge in [-0.05, 0) is 17.2 Å². The standard InChI is InChI=1S/C24H26N3O2/c28-23(18-20-8-7-13-27(29)19-20)25-14-16-26(17-15-25)24(21-9-3-1-4-10-21)22-11-5-2-6-12-22/h1-13,19,24,29H,14-18H2/q+1. The predicted octanol–water partition coefficient (Wildman–Crippen LogP) is 2.69. The number of carbonyl (C=O) groups excluding carboxylic acids is 1. The van der Waals surface area contributed by atoms with Crippen LogP contribution in [-0.4, -0.2) is 47.1 Å². The second-order valence-electron chi connectivity index (χ2n) is 7.41. The van der Waals surface area contributed by atoms with Gasteiger partial charge in [0.1, 0.15) is 0 Å². The first kappa shape index (κ1) is 19.2. The van der Waals surface area contributed by atoms with E-state index in [-0.39, 0.29) is 11.9 Å². The summed E-state index contributed by atoms with van der Waals surface area (Å²) < 4.78 is 0.991. The summed E-state index contributed by atoms with van der Waals surface area (Å²) >= 11 is 0. The normalized spacial score (nSPS) is 14.9. The van der Waals surface area contributed by atoms with Crippen LogP contribution >= 0.6 is 0 Å². The molecule has 29 heavy (non-hydrogen) atoms. The second-order valence-corrected chi connectivity index (χ2v) is 7.41. The molecule has 2 aromatic carbocycles. The molecule has 1 fully saturated rings. The Morgan fingerprint density at radius 1 is 0.862 bits per heavy atom. The molecule has 0 atom stereocenters. The fourth-order valence-electron chi connectivity index (χ4n) is 4.02. The minimum atomic E-state index is 0.104. The Kier molecular flexibility index (Phi) is 5.86. The number of hydrogen-bond acceptors (Lipinski definition) is 3. The van der Waals surface area contributed by atoms with Crippen molar-refractivity contribution >= 4 is 5.91 Å². The van der Waals surface area contributed by atoms with Crippen molar-refractivity contribution in [1.29, 1.82) is 0 Å². The van der Waals surface area contributed by atoms with E-state index in [2.05, 4.69) is 53.4 Å². The molecule has 0 bridgehead atoms. The van der Waals surface area contributed by atoms with Crippen LogP contribution < -0.4 is 4.73 Å². The molecule has 0 radical (unpaired) electrons. The monoisotopic (exact) mass is 388 g/mol. The van der Waals surface area contributed by atoms with Gasteiger partial charge in [-0.3, -0.25) is 14.9 Å². The minimum Gasteiger partial charge on any atom is -0.340 e. The van der Waals surface area contributed by atoms with Crippen LogP contribution in [0.5, 0.6) is 0 Å². The van der Waals surface area contributed by atoms with Gasteiger partial charge in [0.25, 0.3) is 0 Å². The van der Waals surface area contributed by atoms with Crippen molar-refractivity contribution < 1.29 is 14.7 Å². The molecule has 0 aliphatic carbocycles. The van der Waals surface area contributed by atoms with Gasteiger partial charge in [0, 0.05) is 42.5 Å². The molecule has 1 aliphatic heterocycles. The molecule has 1 aliphatic rings. The average Bonchev–Trinajstić information content (AvgIpc) is 2.76. The lowest BCUT2D eigenvalue weighted by molar-refractivity contribution is -0.905. The molecule has 0 spiro atoms. The zero-order valence-corrected chi connectivity index (χ0v) is 16.4. The molecule has 1 saturated heterocycles. The van der Waals surface area contributed by atoms with Gasteiger partial charge < -0.3 is 4.90 Å². The van der Waals surface area contributed by atoms with Crippen molar-refractivity contribution in [2.45, 2.75) is 12.5 Å². The van der Waals surface area contributed by atoms with E-state index in [1.54, 1.807) is 18.5 Å². The molecule has 3 aromatic rings. The smallest absolute Gasteiger partial charge is 0.227 e. The predicted molar refractivity (Wildman–Crippen MR) is 110 cm³/mol. The highest BCUT2D eigenvalue weighted by atomic mass is 16.5. The highest BCUT2D eigenvalue weighted by molar-refractivity contribution is 5.78. The van der Waals surface area contributed by atoms with Crippen LogP contribution in [0.25, 0.3) is 0 Å². The molecule has 0 unspecified atom stereocenters. The fourth-order valence-corrected chi connectivity index (χ4v) is 4.02. The second kappa shape index (κ2) is 8.88. The molecule has 2 heterocycles. The summed E-state index contributed by atoms with van der Waals surface area (Å²) in [4.78, 5) is 17.1. The largest absolute Gasteiger partial charge is 0.340 e. The number of aromatic nitrogens is 1. The quantitative estimate of drug-likeness (QED) is 0.540. The summed E-state index contributed by atoms with van der Waals surface area (Å²) in [6.07, 6.45) is 3.43. The molecule has 148 valence electrons. The Balaban J connectivity index is 1.45. The molecule has 1 N–H and O–H groups in total. The molecule has 5 nitrogen and oxygen atoms in total. The maximum absolute atomic E-state index is 12.7. The van der Waals surface area contributed by atoms with E-state index in [9.17, 15) is 10.0 Å². The van der Waals surface area contributed by atoms with Crippen LogP contribution in [0, 0.1) is 0 Å². The number of amides is 1. The number of hydrogen-bond donors (Lipinski definition) is 1. The summed E-state index contributed by atoms with van der Waals surface area (Å²) in [6.45, 7) is 3.08. The van der Waals surface area contributed by atoms with Crippen molar-refractivity contribution in [2.75, 3.05) is 26.2 Å². The average molecular weight is 388 g/mol. The first-order valence-corrected chi connectivity index (χ1v) is 10.0. The third kappa shape index (κ3) is 4.63. The number of rotatable bonds is 5. The molecule has 5 heteroatoms. The van der Waals surface area contributed by atoms with Gasteiger partial charge in [0.2, 0.25) is 18.3 Å². The molecule has 1 aromatic heterocycles. The van der Waals surface area contributed by atoms with Crippen molar-refractivity contribution in [3.05, 3.63) is 102 Å². The van der Waals surface area contributed by atoms with Gasteiger partial charge >= 0.3 is 0 Å². The Morgan fingerprint density at radius 2 is 1.45 bits per heavy atom. The third-order valence-electron chi connectivity index (χ3n) is 5.47. The maximum Gasteiger partial charge on any atom is 0.227 e. The highest BCUT2D eigenvalue weighted by Gasteiger charge is 2.28. The Morgan fingerprint density at radius 3 is 2.00 bits per heavy atom. The third-order valence-corrected chi connectivity index (χ3v) is 5.47. The van der Waals surface area contributed by atoms with E-state index in [1.165, 1.54) is 11.1 Å². The summed E-state index contributed by atoms with van der Waals surface area (Å²) in [5.41, 5.74) is 3.36. The molecule has 1 amide bonds. The van der Waals surface area contributed by atoms with Gasteiger partial charge in [-0.2, -0.15) is 0 Å². The van der Waals surface area contributed by atoms with Crippen LogP contribution in [0.3, 0.4) is 0 Å². The van der Waals surface area contributed by atoms with Crippen molar-refractivity contribution in [3.63, 3.8) is 0 Å². The van der Waals surface area contributed by atoms with Gasteiger partial charge in [-0.15, -0.1) is 0 Å². The zero-order chi connectivity index (χ0) is 20.1. The van der Waals surface area contributed by atoms with E-state index in [0.29, 0.717) is 19.5 Å². The SMILES string of the molecule is O=C(Cc1ccc[n+](O)c1)N1CCN(C(c2ccccc2)c2ccccc2)CC1. The zero-order valence-electron chi connectivity index (χ0n) is 16.4. The first-order valence-electron chi connectivity index (χ1n) is 10.0. The van der Waals surface area contributed by atoms with Crippen LogP contribution in [0.1, 0.15) is 22.7 Å². The minimum absolute atomic E-state index is 0.104. The number of pyridine rings is 1. The van der Waals surface area contributed by atoms with Crippen molar-refractivity contribution in [3.8, 4) is 0 Å². The summed E-state index contributed by atoms with van der Waals surface area (Å²) in [6, 6.07) is 24.9. The first-order chi connectivity index (χ1) is 14.2. The maximum atomic E-state index is 12.7. The number of piperazine rings is 1. The molecule has 4 rings (SSSR count). The van der Waals surface area contributed by atoms with Gasteiger partial charge in [-0.1, -0.05) is 60.7 Å². The fraction of sp³-hybridized carbons (Fsp3) is 0.250. The lowest BCUT2D eigenvalue weighted by Crippen LogP contribution is -2.50. The van der Waals surface area contributed by atoms with Crippen LogP contribution in [0.15, 0.2) is 85.2 Å².